The van der Waals surface area contributed by atoms with Crippen LogP contribution < -0.4 is 10.2 Å². The number of nitrogens with zero attached hydrogens (tertiary/aromatic N) is 3. The average Bonchev–Trinajstić information content (AvgIpc) is 3.57. The van der Waals surface area contributed by atoms with E-state index in [1.54, 1.807) is 16.7 Å². The van der Waals surface area contributed by atoms with Gasteiger partial charge in [-0.3, -0.25) is 0 Å². The fourth-order valence-electron chi connectivity index (χ4n) is 3.62. The molecule has 0 radical (unpaired) electrons. The van der Waals surface area contributed by atoms with Crippen LogP contribution in [0, 0.1) is 5.82 Å². The van der Waals surface area contributed by atoms with Gasteiger partial charge in [0.1, 0.15) is 6.33 Å². The van der Waals surface area contributed by atoms with Gasteiger partial charge in [-0.25, -0.2) is 9.97 Å². The molecule has 1 saturated carbocycles. The summed E-state index contributed by atoms with van der Waals surface area (Å²) in [6.45, 7) is 0.445. The van der Waals surface area contributed by atoms with Gasteiger partial charge >= 0.3 is 6.18 Å². The Labute approximate surface area is 182 Å². The van der Waals surface area contributed by atoms with Crippen molar-refractivity contribution >= 4 is 23.4 Å². The largest absolute Gasteiger partial charge is 0.416 e. The summed E-state index contributed by atoms with van der Waals surface area (Å²) in [7, 11) is 0. The molecule has 0 unspecified atom stereocenters. The first-order valence-electron chi connectivity index (χ1n) is 10.2. The smallest absolute Gasteiger partial charge is 0.388 e. The molecule has 2 N–H and O–H groups in total. The summed E-state index contributed by atoms with van der Waals surface area (Å²) in [6, 6.07) is 4.97. The van der Waals surface area contributed by atoms with E-state index in [0.29, 0.717) is 18.4 Å². The van der Waals surface area contributed by atoms with Crippen LogP contribution in [0.25, 0.3) is 0 Å². The summed E-state index contributed by atoms with van der Waals surface area (Å²) >= 11 is 1.78. The van der Waals surface area contributed by atoms with Gasteiger partial charge in [0.25, 0.3) is 0 Å². The molecule has 1 aliphatic heterocycles. The number of benzene rings is 1. The topological polar surface area (TPSA) is 61.3 Å². The average molecular weight is 457 g/mol. The van der Waals surface area contributed by atoms with E-state index in [0.717, 1.165) is 36.5 Å². The fraction of sp³-hybridized carbons (Fsp3) is 0.524. The Balaban J connectivity index is 1.50. The van der Waals surface area contributed by atoms with Gasteiger partial charge in [0.2, 0.25) is 5.82 Å². The molecule has 10 heteroatoms. The summed E-state index contributed by atoms with van der Waals surface area (Å²) in [4.78, 5) is 9.89. The van der Waals surface area contributed by atoms with E-state index < -0.39 is 23.2 Å². The molecule has 5 nitrogen and oxygen atoms in total. The Morgan fingerprint density at radius 2 is 1.81 bits per heavy atom. The highest BCUT2D eigenvalue weighted by Crippen LogP contribution is 2.36. The molecule has 0 spiro atoms. The Kier molecular flexibility index (Phi) is 6.30. The number of rotatable bonds is 7. The standard InChI is InChI=1S/C21H24F4N4OS/c22-17-18(26-12-20(30)7-9-31-10-8-20)27-13-28-19(17)29(16-5-6-16)11-14-1-3-15(4-2-14)21(23,24)25/h1-4,13,16,30H,5-12H2,(H,26,27,28). The maximum atomic E-state index is 15.2. The Bertz CT molecular complexity index is 899. The van der Waals surface area contributed by atoms with Crippen LogP contribution in [0.3, 0.4) is 0 Å². The number of halogens is 4. The SMILES string of the molecule is OC1(CNc2ncnc(N(Cc3ccc(C(F)(F)F)cc3)C3CC3)c2F)CCSCC1. The third-order valence-electron chi connectivity index (χ3n) is 5.67. The summed E-state index contributed by atoms with van der Waals surface area (Å²) in [5.41, 5.74) is -0.964. The first-order valence-corrected chi connectivity index (χ1v) is 11.4. The van der Waals surface area contributed by atoms with Gasteiger partial charge in [-0.2, -0.15) is 29.3 Å². The number of alkyl halides is 3. The van der Waals surface area contributed by atoms with Crippen LogP contribution in [0.15, 0.2) is 30.6 Å². The number of anilines is 2. The number of aromatic nitrogens is 2. The van der Waals surface area contributed by atoms with Crippen molar-refractivity contribution in [3.8, 4) is 0 Å². The second-order valence-electron chi connectivity index (χ2n) is 8.10. The molecular formula is C21H24F4N4OS. The number of hydrogen-bond acceptors (Lipinski definition) is 6. The third-order valence-corrected chi connectivity index (χ3v) is 6.66. The van der Waals surface area contributed by atoms with Crippen molar-refractivity contribution in [2.24, 2.45) is 0 Å². The van der Waals surface area contributed by atoms with Crippen molar-refractivity contribution in [3.05, 3.63) is 47.5 Å². The minimum Gasteiger partial charge on any atom is -0.388 e. The molecule has 31 heavy (non-hydrogen) atoms. The van der Waals surface area contributed by atoms with Crippen molar-refractivity contribution in [2.45, 2.75) is 50.0 Å². The maximum Gasteiger partial charge on any atom is 0.416 e. The molecule has 2 aliphatic rings. The lowest BCUT2D eigenvalue weighted by molar-refractivity contribution is -0.137. The molecule has 2 heterocycles. The van der Waals surface area contributed by atoms with Crippen molar-refractivity contribution in [3.63, 3.8) is 0 Å². The van der Waals surface area contributed by atoms with Gasteiger partial charge in [0.05, 0.1) is 11.2 Å². The van der Waals surface area contributed by atoms with Crippen LogP contribution in [0.4, 0.5) is 29.2 Å². The molecule has 2 aromatic rings. The first kappa shape index (κ1) is 22.1. The van der Waals surface area contributed by atoms with Crippen molar-refractivity contribution in [2.75, 3.05) is 28.3 Å². The van der Waals surface area contributed by atoms with Crippen molar-refractivity contribution in [1.82, 2.24) is 9.97 Å². The molecule has 168 valence electrons. The molecule has 4 rings (SSSR count). The van der Waals surface area contributed by atoms with E-state index in [2.05, 4.69) is 15.3 Å². The van der Waals surface area contributed by atoms with Gasteiger partial charge in [0, 0.05) is 19.1 Å². The Hall–Kier alpha value is -2.07. The summed E-state index contributed by atoms with van der Waals surface area (Å²) in [5, 5.41) is 13.6. The predicted octanol–water partition coefficient (Wildman–Crippen LogP) is 4.47. The minimum atomic E-state index is -4.39. The molecular weight excluding hydrogens is 432 g/mol. The van der Waals surface area contributed by atoms with Crippen molar-refractivity contribution in [1.29, 1.82) is 0 Å². The zero-order valence-electron chi connectivity index (χ0n) is 16.8. The van der Waals surface area contributed by atoms with Gasteiger partial charge < -0.3 is 15.3 Å². The van der Waals surface area contributed by atoms with E-state index in [1.165, 1.54) is 18.5 Å². The van der Waals surface area contributed by atoms with Gasteiger partial charge in [-0.15, -0.1) is 0 Å². The highest BCUT2D eigenvalue weighted by atomic mass is 32.2. The van der Waals surface area contributed by atoms with Crippen LogP contribution >= 0.6 is 11.8 Å². The molecule has 1 aromatic carbocycles. The van der Waals surface area contributed by atoms with Crippen molar-refractivity contribution < 1.29 is 22.7 Å². The van der Waals surface area contributed by atoms with Crippen LogP contribution in [0.2, 0.25) is 0 Å². The second-order valence-corrected chi connectivity index (χ2v) is 9.33. The molecule has 0 atom stereocenters. The Morgan fingerprint density at radius 1 is 1.13 bits per heavy atom. The van der Waals surface area contributed by atoms with E-state index in [4.69, 9.17) is 0 Å². The monoisotopic (exact) mass is 456 g/mol. The number of nitrogens with one attached hydrogen (secondary N) is 1. The van der Waals surface area contributed by atoms with E-state index >= 15 is 4.39 Å². The van der Waals surface area contributed by atoms with E-state index in [-0.39, 0.29) is 30.8 Å². The maximum absolute atomic E-state index is 15.2. The lowest BCUT2D eigenvalue weighted by Crippen LogP contribution is -2.40. The quantitative estimate of drug-likeness (QED) is 0.600. The van der Waals surface area contributed by atoms with Crippen LogP contribution in [-0.4, -0.2) is 44.8 Å². The number of aliphatic hydroxyl groups is 1. The second kappa shape index (κ2) is 8.82. The summed E-state index contributed by atoms with van der Waals surface area (Å²) < 4.78 is 53.7. The summed E-state index contributed by atoms with van der Waals surface area (Å²) in [6.07, 6.45) is -0.133. The zero-order chi connectivity index (χ0) is 22.1. The van der Waals surface area contributed by atoms with Crippen LogP contribution in [0.1, 0.15) is 36.8 Å². The molecule has 0 bridgehead atoms. The van der Waals surface area contributed by atoms with E-state index in [1.807, 2.05) is 0 Å². The van der Waals surface area contributed by atoms with Crippen LogP contribution in [0.5, 0.6) is 0 Å². The fourth-order valence-corrected chi connectivity index (χ4v) is 4.87. The number of hydrogen-bond donors (Lipinski definition) is 2. The minimum absolute atomic E-state index is 0.0229. The molecule has 0 amide bonds. The molecule has 1 aromatic heterocycles. The normalized spacial score (nSPS) is 18.6. The molecule has 1 saturated heterocycles. The van der Waals surface area contributed by atoms with Crippen LogP contribution in [-0.2, 0) is 12.7 Å². The third kappa shape index (κ3) is 5.41. The highest BCUT2D eigenvalue weighted by molar-refractivity contribution is 7.99. The van der Waals surface area contributed by atoms with Gasteiger partial charge in [-0.05, 0) is 54.9 Å². The van der Waals surface area contributed by atoms with Gasteiger partial charge in [-0.1, -0.05) is 12.1 Å². The lowest BCUT2D eigenvalue weighted by Gasteiger charge is -2.32. The Morgan fingerprint density at radius 3 is 2.42 bits per heavy atom. The van der Waals surface area contributed by atoms with Gasteiger partial charge in [0.15, 0.2) is 11.6 Å². The molecule has 2 fully saturated rings. The zero-order valence-corrected chi connectivity index (χ0v) is 17.6. The van der Waals surface area contributed by atoms with E-state index in [9.17, 15) is 18.3 Å². The number of thioether (sulfide) groups is 1. The lowest BCUT2D eigenvalue weighted by atomic mass is 9.97. The summed E-state index contributed by atoms with van der Waals surface area (Å²) in [5.74, 6) is 1.24. The molecule has 1 aliphatic carbocycles. The predicted molar refractivity (Wildman–Crippen MR) is 113 cm³/mol. The first-order chi connectivity index (χ1) is 14.8. The highest BCUT2D eigenvalue weighted by Gasteiger charge is 2.34.